The van der Waals surface area contributed by atoms with E-state index in [1.54, 1.807) is 6.33 Å². The van der Waals surface area contributed by atoms with Crippen LogP contribution in [0.5, 0.6) is 5.75 Å². The molecule has 2 aromatic carbocycles. The van der Waals surface area contributed by atoms with Crippen LogP contribution in [0.4, 0.5) is 5.82 Å². The van der Waals surface area contributed by atoms with Crippen molar-refractivity contribution in [2.75, 3.05) is 25.1 Å². The number of nitrogens with zero attached hydrogens (tertiary/aromatic N) is 3. The number of aromatic nitrogens is 2. The largest absolute Gasteiger partial charge is 0.491 e. The van der Waals surface area contributed by atoms with Gasteiger partial charge >= 0.3 is 0 Å². The van der Waals surface area contributed by atoms with E-state index in [1.807, 2.05) is 49.5 Å². The molecule has 0 bridgehead atoms. The molecule has 112 valence electrons. The van der Waals surface area contributed by atoms with Crippen LogP contribution in [0.1, 0.15) is 5.56 Å². The summed E-state index contributed by atoms with van der Waals surface area (Å²) in [6.45, 7) is 3.42. The van der Waals surface area contributed by atoms with Crippen LogP contribution >= 0.6 is 0 Å². The van der Waals surface area contributed by atoms with E-state index in [9.17, 15) is 0 Å². The number of fused-ring (bicyclic) bond motifs is 1. The van der Waals surface area contributed by atoms with Gasteiger partial charge in [0.05, 0.1) is 12.1 Å². The molecule has 3 rings (SSSR count). The SMILES string of the molecule is Cc1ccccc1OCCN(C)c1ncnc2ccccc12. The molecule has 0 spiro atoms. The average molecular weight is 293 g/mol. The summed E-state index contributed by atoms with van der Waals surface area (Å²) in [5.74, 6) is 1.86. The molecule has 22 heavy (non-hydrogen) atoms. The van der Waals surface area contributed by atoms with Gasteiger partial charge in [0, 0.05) is 12.4 Å². The first-order chi connectivity index (χ1) is 10.8. The molecule has 0 saturated heterocycles. The lowest BCUT2D eigenvalue weighted by atomic mass is 10.2. The van der Waals surface area contributed by atoms with Crippen molar-refractivity contribution in [3.63, 3.8) is 0 Å². The summed E-state index contributed by atoms with van der Waals surface area (Å²) in [5.41, 5.74) is 2.11. The first-order valence-corrected chi connectivity index (χ1v) is 7.35. The van der Waals surface area contributed by atoms with E-state index in [4.69, 9.17) is 4.74 Å². The number of likely N-dealkylation sites (N-methyl/N-ethyl adjacent to an activating group) is 1. The third kappa shape index (κ3) is 3.01. The molecule has 4 heteroatoms. The quantitative estimate of drug-likeness (QED) is 0.722. The standard InChI is InChI=1S/C18H19N3O/c1-14-7-3-6-10-17(14)22-12-11-21(2)18-15-8-4-5-9-16(15)19-13-20-18/h3-10,13H,11-12H2,1-2H3. The fourth-order valence-corrected chi connectivity index (χ4v) is 2.41. The maximum Gasteiger partial charge on any atom is 0.139 e. The molecule has 0 N–H and O–H groups in total. The van der Waals surface area contributed by atoms with Crippen LogP contribution in [0, 0.1) is 6.92 Å². The van der Waals surface area contributed by atoms with E-state index in [-0.39, 0.29) is 0 Å². The molecule has 4 nitrogen and oxygen atoms in total. The van der Waals surface area contributed by atoms with Gasteiger partial charge in [0.25, 0.3) is 0 Å². The Morgan fingerprint density at radius 2 is 1.77 bits per heavy atom. The van der Waals surface area contributed by atoms with Crippen molar-refractivity contribution in [1.82, 2.24) is 9.97 Å². The zero-order valence-electron chi connectivity index (χ0n) is 12.9. The fourth-order valence-electron chi connectivity index (χ4n) is 2.41. The number of para-hydroxylation sites is 2. The first kappa shape index (κ1) is 14.3. The van der Waals surface area contributed by atoms with Crippen molar-refractivity contribution >= 4 is 16.7 Å². The Morgan fingerprint density at radius 1 is 1.00 bits per heavy atom. The predicted molar refractivity (Wildman–Crippen MR) is 89.5 cm³/mol. The number of rotatable bonds is 5. The van der Waals surface area contributed by atoms with Crippen molar-refractivity contribution in [1.29, 1.82) is 0 Å². The second-order valence-corrected chi connectivity index (χ2v) is 5.25. The van der Waals surface area contributed by atoms with Gasteiger partial charge in [0.1, 0.15) is 24.5 Å². The van der Waals surface area contributed by atoms with Crippen molar-refractivity contribution in [2.24, 2.45) is 0 Å². The second kappa shape index (κ2) is 6.43. The minimum atomic E-state index is 0.611. The maximum atomic E-state index is 5.86. The molecule has 3 aromatic rings. The number of benzene rings is 2. The van der Waals surface area contributed by atoms with Gasteiger partial charge in [-0.05, 0) is 30.7 Å². The van der Waals surface area contributed by atoms with Gasteiger partial charge in [-0.1, -0.05) is 30.3 Å². The fraction of sp³-hybridized carbons (Fsp3) is 0.222. The predicted octanol–water partition coefficient (Wildman–Crippen LogP) is 3.45. The second-order valence-electron chi connectivity index (χ2n) is 5.25. The lowest BCUT2D eigenvalue weighted by molar-refractivity contribution is 0.323. The molecule has 0 atom stereocenters. The molecule has 0 aliphatic rings. The van der Waals surface area contributed by atoms with Gasteiger partial charge in [-0.25, -0.2) is 9.97 Å². The average Bonchev–Trinajstić information content (AvgIpc) is 2.56. The number of ether oxygens (including phenoxy) is 1. The molecular formula is C18H19N3O. The van der Waals surface area contributed by atoms with Gasteiger partial charge in [-0.3, -0.25) is 0 Å². The summed E-state index contributed by atoms with van der Waals surface area (Å²) >= 11 is 0. The van der Waals surface area contributed by atoms with Gasteiger partial charge in [0.2, 0.25) is 0 Å². The minimum absolute atomic E-state index is 0.611. The van der Waals surface area contributed by atoms with E-state index < -0.39 is 0 Å². The summed E-state index contributed by atoms with van der Waals surface area (Å²) in [7, 11) is 2.02. The van der Waals surface area contributed by atoms with Crippen LogP contribution in [0.2, 0.25) is 0 Å². The Balaban J connectivity index is 1.69. The van der Waals surface area contributed by atoms with Crippen molar-refractivity contribution in [2.45, 2.75) is 6.92 Å². The van der Waals surface area contributed by atoms with Crippen LogP contribution in [0.3, 0.4) is 0 Å². The Kier molecular flexibility index (Phi) is 4.19. The van der Waals surface area contributed by atoms with E-state index in [1.165, 1.54) is 0 Å². The summed E-state index contributed by atoms with van der Waals surface area (Å²) in [5, 5.41) is 1.06. The van der Waals surface area contributed by atoms with Crippen LogP contribution in [-0.4, -0.2) is 30.2 Å². The summed E-state index contributed by atoms with van der Waals surface area (Å²) in [6, 6.07) is 16.1. The Labute approximate surface area is 130 Å². The molecule has 0 saturated carbocycles. The molecule has 0 aliphatic carbocycles. The van der Waals surface area contributed by atoms with E-state index >= 15 is 0 Å². The smallest absolute Gasteiger partial charge is 0.139 e. The topological polar surface area (TPSA) is 38.2 Å². The number of aryl methyl sites for hydroxylation is 1. The van der Waals surface area contributed by atoms with Crippen LogP contribution in [-0.2, 0) is 0 Å². The Bertz CT molecular complexity index is 768. The molecule has 0 aliphatic heterocycles. The molecule has 1 heterocycles. The van der Waals surface area contributed by atoms with Gasteiger partial charge in [-0.2, -0.15) is 0 Å². The van der Waals surface area contributed by atoms with Crippen molar-refractivity contribution < 1.29 is 4.74 Å². The highest BCUT2D eigenvalue weighted by atomic mass is 16.5. The number of anilines is 1. The number of hydrogen-bond acceptors (Lipinski definition) is 4. The van der Waals surface area contributed by atoms with E-state index in [0.29, 0.717) is 6.61 Å². The lowest BCUT2D eigenvalue weighted by Crippen LogP contribution is -2.25. The zero-order chi connectivity index (χ0) is 15.4. The van der Waals surface area contributed by atoms with Crippen LogP contribution in [0.15, 0.2) is 54.9 Å². The van der Waals surface area contributed by atoms with Gasteiger partial charge in [0.15, 0.2) is 0 Å². The van der Waals surface area contributed by atoms with E-state index in [2.05, 4.69) is 27.9 Å². The van der Waals surface area contributed by atoms with Crippen LogP contribution in [0.25, 0.3) is 10.9 Å². The molecule has 0 amide bonds. The highest BCUT2D eigenvalue weighted by molar-refractivity contribution is 5.89. The molecule has 0 unspecified atom stereocenters. The zero-order valence-corrected chi connectivity index (χ0v) is 12.9. The molecular weight excluding hydrogens is 274 g/mol. The van der Waals surface area contributed by atoms with Crippen molar-refractivity contribution in [3.05, 3.63) is 60.4 Å². The monoisotopic (exact) mass is 293 g/mol. The summed E-state index contributed by atoms with van der Waals surface area (Å²) < 4.78 is 5.86. The molecule has 1 aromatic heterocycles. The Hall–Kier alpha value is -2.62. The lowest BCUT2D eigenvalue weighted by Gasteiger charge is -2.20. The number of hydrogen-bond donors (Lipinski definition) is 0. The van der Waals surface area contributed by atoms with Crippen molar-refractivity contribution in [3.8, 4) is 5.75 Å². The molecule has 0 radical (unpaired) electrons. The van der Waals surface area contributed by atoms with Crippen LogP contribution < -0.4 is 9.64 Å². The third-order valence-electron chi connectivity index (χ3n) is 3.66. The Morgan fingerprint density at radius 3 is 2.64 bits per heavy atom. The van der Waals surface area contributed by atoms with Gasteiger partial charge < -0.3 is 9.64 Å². The summed E-state index contributed by atoms with van der Waals surface area (Å²) in [4.78, 5) is 10.8. The highest BCUT2D eigenvalue weighted by Gasteiger charge is 2.08. The normalized spacial score (nSPS) is 10.6. The highest BCUT2D eigenvalue weighted by Crippen LogP contribution is 2.21. The maximum absolute atomic E-state index is 5.86. The van der Waals surface area contributed by atoms with Gasteiger partial charge in [-0.15, -0.1) is 0 Å². The first-order valence-electron chi connectivity index (χ1n) is 7.35. The minimum Gasteiger partial charge on any atom is -0.491 e. The molecule has 0 fully saturated rings. The third-order valence-corrected chi connectivity index (χ3v) is 3.66. The summed E-state index contributed by atoms with van der Waals surface area (Å²) in [6.07, 6.45) is 1.61. The van der Waals surface area contributed by atoms with E-state index in [0.717, 1.165) is 34.6 Å².